The summed E-state index contributed by atoms with van der Waals surface area (Å²) in [4.78, 5) is 8.37. The lowest BCUT2D eigenvalue weighted by molar-refractivity contribution is 0.000712. The van der Waals surface area contributed by atoms with Crippen molar-refractivity contribution in [1.82, 2.24) is 9.97 Å². The van der Waals surface area contributed by atoms with Crippen molar-refractivity contribution < 1.29 is 9.13 Å². The Morgan fingerprint density at radius 2 is 1.89 bits per heavy atom. The Labute approximate surface area is 108 Å². The molecule has 0 N–H and O–H groups in total. The lowest BCUT2D eigenvalue weighted by Crippen LogP contribution is -2.39. The van der Waals surface area contributed by atoms with Crippen LogP contribution in [0, 0.1) is 5.92 Å². The number of alkyl halides is 1. The topological polar surface area (TPSA) is 35.0 Å². The average molecular weight is 252 g/mol. The van der Waals surface area contributed by atoms with E-state index >= 15 is 0 Å². The van der Waals surface area contributed by atoms with E-state index in [4.69, 9.17) is 4.74 Å². The van der Waals surface area contributed by atoms with E-state index in [1.807, 2.05) is 0 Å². The number of hydrogen-bond acceptors (Lipinski definition) is 3. The predicted molar refractivity (Wildman–Crippen MR) is 68.5 cm³/mol. The Balaban J connectivity index is 1.84. The number of nitrogens with zero attached hydrogens (tertiary/aromatic N) is 2. The van der Waals surface area contributed by atoms with Crippen LogP contribution >= 0.6 is 0 Å². The SMILES string of the molecule is CC1(F)CC(COc2ncc(C(C)(C)C)cn2)C1. The predicted octanol–water partition coefficient (Wildman–Crippen LogP) is 3.29. The molecule has 0 amide bonds. The van der Waals surface area contributed by atoms with E-state index in [1.54, 1.807) is 19.3 Å². The molecule has 0 bridgehead atoms. The van der Waals surface area contributed by atoms with Crippen LogP contribution in [-0.2, 0) is 5.41 Å². The molecule has 1 aromatic heterocycles. The highest BCUT2D eigenvalue weighted by molar-refractivity contribution is 5.16. The summed E-state index contributed by atoms with van der Waals surface area (Å²) in [5.41, 5.74) is 0.128. The van der Waals surface area contributed by atoms with Gasteiger partial charge in [0.2, 0.25) is 0 Å². The van der Waals surface area contributed by atoms with Gasteiger partial charge in [0.15, 0.2) is 0 Å². The molecular weight excluding hydrogens is 231 g/mol. The van der Waals surface area contributed by atoms with Gasteiger partial charge in [-0.25, -0.2) is 14.4 Å². The molecule has 0 spiro atoms. The van der Waals surface area contributed by atoms with E-state index in [0.717, 1.165) is 5.56 Å². The fourth-order valence-electron chi connectivity index (χ4n) is 2.23. The Morgan fingerprint density at radius 1 is 1.33 bits per heavy atom. The maximum atomic E-state index is 13.3. The minimum absolute atomic E-state index is 0.0442. The summed E-state index contributed by atoms with van der Waals surface area (Å²) in [5, 5.41) is 0. The summed E-state index contributed by atoms with van der Waals surface area (Å²) in [7, 11) is 0. The molecule has 0 unspecified atom stereocenters. The van der Waals surface area contributed by atoms with Crippen LogP contribution in [0.1, 0.15) is 46.1 Å². The standard InChI is InChI=1S/C14H21FN2O/c1-13(2,3)11-7-16-12(17-8-11)18-9-10-5-14(4,15)6-10/h7-8,10H,5-6,9H2,1-4H3. The van der Waals surface area contributed by atoms with Gasteiger partial charge in [-0.3, -0.25) is 0 Å². The average Bonchev–Trinajstić information content (AvgIpc) is 2.22. The summed E-state index contributed by atoms with van der Waals surface area (Å²) in [6.07, 6.45) is 4.74. The van der Waals surface area contributed by atoms with Crippen molar-refractivity contribution in [3.63, 3.8) is 0 Å². The summed E-state index contributed by atoms with van der Waals surface area (Å²) >= 11 is 0. The van der Waals surface area contributed by atoms with Crippen LogP contribution in [0.3, 0.4) is 0 Å². The molecule has 0 aromatic carbocycles. The Morgan fingerprint density at radius 3 is 2.33 bits per heavy atom. The van der Waals surface area contributed by atoms with Gasteiger partial charge in [-0.15, -0.1) is 0 Å². The van der Waals surface area contributed by atoms with Gasteiger partial charge in [0.05, 0.1) is 6.61 Å². The molecule has 1 aliphatic carbocycles. The number of ether oxygens (including phenoxy) is 1. The van der Waals surface area contributed by atoms with Crippen molar-refractivity contribution in [2.24, 2.45) is 5.92 Å². The molecule has 0 radical (unpaired) electrons. The molecule has 100 valence electrons. The lowest BCUT2D eigenvalue weighted by Gasteiger charge is -2.38. The zero-order valence-electron chi connectivity index (χ0n) is 11.5. The van der Waals surface area contributed by atoms with Crippen LogP contribution < -0.4 is 4.74 Å². The normalized spacial score (nSPS) is 27.7. The number of aromatic nitrogens is 2. The molecule has 4 heteroatoms. The van der Waals surface area contributed by atoms with Crippen LogP contribution in [0.4, 0.5) is 4.39 Å². The molecule has 18 heavy (non-hydrogen) atoms. The number of rotatable bonds is 3. The molecular formula is C14H21FN2O. The zero-order valence-corrected chi connectivity index (χ0v) is 11.5. The third kappa shape index (κ3) is 3.18. The lowest BCUT2D eigenvalue weighted by atomic mass is 9.74. The minimum atomic E-state index is -0.995. The third-order valence-electron chi connectivity index (χ3n) is 3.37. The van der Waals surface area contributed by atoms with Crippen molar-refractivity contribution >= 4 is 0 Å². The minimum Gasteiger partial charge on any atom is -0.463 e. The van der Waals surface area contributed by atoms with Crippen LogP contribution in [0.5, 0.6) is 6.01 Å². The summed E-state index contributed by atoms with van der Waals surface area (Å²) < 4.78 is 18.8. The largest absolute Gasteiger partial charge is 0.463 e. The molecule has 1 aliphatic rings. The van der Waals surface area contributed by atoms with Crippen LogP contribution in [-0.4, -0.2) is 22.2 Å². The molecule has 3 nitrogen and oxygen atoms in total. The first-order chi connectivity index (χ1) is 8.26. The smallest absolute Gasteiger partial charge is 0.316 e. The van der Waals surface area contributed by atoms with Crippen LogP contribution in [0.15, 0.2) is 12.4 Å². The van der Waals surface area contributed by atoms with Gasteiger partial charge in [-0.05, 0) is 36.7 Å². The monoisotopic (exact) mass is 252 g/mol. The third-order valence-corrected chi connectivity index (χ3v) is 3.37. The maximum Gasteiger partial charge on any atom is 0.316 e. The van der Waals surface area contributed by atoms with Gasteiger partial charge in [0.1, 0.15) is 5.67 Å². The first kappa shape index (κ1) is 13.2. The molecule has 1 saturated carbocycles. The summed E-state index contributed by atoms with van der Waals surface area (Å²) in [5.74, 6) is 0.297. The van der Waals surface area contributed by atoms with E-state index in [0.29, 0.717) is 31.4 Å². The first-order valence-corrected chi connectivity index (χ1v) is 6.40. The molecule has 0 atom stereocenters. The van der Waals surface area contributed by atoms with E-state index in [2.05, 4.69) is 30.7 Å². The van der Waals surface area contributed by atoms with E-state index < -0.39 is 5.67 Å². The van der Waals surface area contributed by atoms with Crippen molar-refractivity contribution in [3.8, 4) is 6.01 Å². The molecule has 2 rings (SSSR count). The van der Waals surface area contributed by atoms with Crippen molar-refractivity contribution in [2.45, 2.75) is 51.6 Å². The van der Waals surface area contributed by atoms with Gasteiger partial charge in [-0.2, -0.15) is 0 Å². The highest BCUT2D eigenvalue weighted by Gasteiger charge is 2.40. The molecule has 0 saturated heterocycles. The fraction of sp³-hybridized carbons (Fsp3) is 0.714. The van der Waals surface area contributed by atoms with Gasteiger partial charge < -0.3 is 4.74 Å². The van der Waals surface area contributed by atoms with Crippen molar-refractivity contribution in [2.75, 3.05) is 6.61 Å². The van der Waals surface area contributed by atoms with Crippen molar-refractivity contribution in [3.05, 3.63) is 18.0 Å². The second-order valence-corrected chi connectivity index (χ2v) is 6.50. The second kappa shape index (κ2) is 4.48. The fourth-order valence-corrected chi connectivity index (χ4v) is 2.23. The van der Waals surface area contributed by atoms with E-state index in [-0.39, 0.29) is 5.41 Å². The molecule has 0 aliphatic heterocycles. The van der Waals surface area contributed by atoms with E-state index in [9.17, 15) is 4.39 Å². The Hall–Kier alpha value is -1.19. The zero-order chi connectivity index (χ0) is 13.4. The van der Waals surface area contributed by atoms with Crippen LogP contribution in [0.25, 0.3) is 0 Å². The van der Waals surface area contributed by atoms with Crippen molar-refractivity contribution in [1.29, 1.82) is 0 Å². The summed E-state index contributed by atoms with van der Waals surface area (Å²) in [6.45, 7) is 8.49. The Kier molecular flexibility index (Phi) is 3.30. The number of hydrogen-bond donors (Lipinski definition) is 0. The van der Waals surface area contributed by atoms with Gasteiger partial charge >= 0.3 is 6.01 Å². The molecule has 1 heterocycles. The summed E-state index contributed by atoms with van der Waals surface area (Å²) in [6, 6.07) is 0.385. The number of halogens is 1. The maximum absolute atomic E-state index is 13.3. The van der Waals surface area contributed by atoms with Gasteiger partial charge in [0, 0.05) is 12.4 Å². The quantitative estimate of drug-likeness (QED) is 0.828. The highest BCUT2D eigenvalue weighted by atomic mass is 19.1. The first-order valence-electron chi connectivity index (χ1n) is 6.40. The Bertz CT molecular complexity index is 401. The van der Waals surface area contributed by atoms with Gasteiger partial charge in [-0.1, -0.05) is 20.8 Å². The highest BCUT2D eigenvalue weighted by Crippen LogP contribution is 2.40. The molecule has 1 aromatic rings. The van der Waals surface area contributed by atoms with E-state index in [1.165, 1.54) is 0 Å². The van der Waals surface area contributed by atoms with Crippen LogP contribution in [0.2, 0.25) is 0 Å². The van der Waals surface area contributed by atoms with Gasteiger partial charge in [0.25, 0.3) is 0 Å². The second-order valence-electron chi connectivity index (χ2n) is 6.50. The molecule has 1 fully saturated rings.